The predicted octanol–water partition coefficient (Wildman–Crippen LogP) is 5.24. The van der Waals surface area contributed by atoms with Crippen LogP contribution in [0.2, 0.25) is 0 Å². The molecule has 0 radical (unpaired) electrons. The molecule has 0 atom stereocenters. The van der Waals surface area contributed by atoms with Crippen LogP contribution in [-0.2, 0) is 5.41 Å². The summed E-state index contributed by atoms with van der Waals surface area (Å²) >= 11 is 3.49. The standard InChI is InChI=1S/C16H18BrNO/c1-11-9-13(17)15(18-10-11)19-14-8-6-5-7-12(14)16(2,3)4/h5-10H,1-4H3. The molecule has 0 bridgehead atoms. The van der Waals surface area contributed by atoms with Crippen molar-refractivity contribution in [2.45, 2.75) is 33.1 Å². The average molecular weight is 320 g/mol. The molecule has 1 heterocycles. The van der Waals surface area contributed by atoms with Crippen LogP contribution in [0.1, 0.15) is 31.9 Å². The molecule has 1 aromatic heterocycles. The van der Waals surface area contributed by atoms with Crippen molar-refractivity contribution in [3.63, 3.8) is 0 Å². The number of hydrogen-bond acceptors (Lipinski definition) is 2. The van der Waals surface area contributed by atoms with Gasteiger partial charge in [-0.25, -0.2) is 4.98 Å². The first kappa shape index (κ1) is 14.1. The Morgan fingerprint density at radius 1 is 1.16 bits per heavy atom. The van der Waals surface area contributed by atoms with Gasteiger partial charge >= 0.3 is 0 Å². The Morgan fingerprint density at radius 2 is 1.84 bits per heavy atom. The predicted molar refractivity (Wildman–Crippen MR) is 81.9 cm³/mol. The summed E-state index contributed by atoms with van der Waals surface area (Å²) in [7, 11) is 0. The minimum Gasteiger partial charge on any atom is -0.438 e. The lowest BCUT2D eigenvalue weighted by atomic mass is 9.86. The Balaban J connectivity index is 2.39. The molecule has 0 spiro atoms. The Hall–Kier alpha value is -1.35. The summed E-state index contributed by atoms with van der Waals surface area (Å²) in [5, 5.41) is 0. The van der Waals surface area contributed by atoms with Crippen LogP contribution in [0.25, 0.3) is 0 Å². The Labute approximate surface area is 123 Å². The summed E-state index contributed by atoms with van der Waals surface area (Å²) < 4.78 is 6.84. The third-order valence-electron chi connectivity index (χ3n) is 2.85. The van der Waals surface area contributed by atoms with Gasteiger partial charge in [0.2, 0.25) is 5.88 Å². The van der Waals surface area contributed by atoms with E-state index in [2.05, 4.69) is 47.8 Å². The molecular weight excluding hydrogens is 302 g/mol. The fourth-order valence-corrected chi connectivity index (χ4v) is 2.42. The van der Waals surface area contributed by atoms with Gasteiger partial charge in [-0.2, -0.15) is 0 Å². The Morgan fingerprint density at radius 3 is 2.47 bits per heavy atom. The molecule has 0 N–H and O–H groups in total. The van der Waals surface area contributed by atoms with E-state index in [4.69, 9.17) is 4.74 Å². The van der Waals surface area contributed by atoms with Crippen LogP contribution in [0.4, 0.5) is 0 Å². The molecule has 0 saturated carbocycles. The van der Waals surface area contributed by atoms with Gasteiger partial charge in [0.05, 0.1) is 4.47 Å². The van der Waals surface area contributed by atoms with Gasteiger partial charge in [-0.15, -0.1) is 0 Å². The van der Waals surface area contributed by atoms with E-state index >= 15 is 0 Å². The second kappa shape index (κ2) is 5.33. The van der Waals surface area contributed by atoms with Gasteiger partial charge in [-0.1, -0.05) is 39.0 Å². The third-order valence-corrected chi connectivity index (χ3v) is 3.41. The highest BCUT2D eigenvalue weighted by atomic mass is 79.9. The van der Waals surface area contributed by atoms with Gasteiger partial charge in [0.25, 0.3) is 0 Å². The highest BCUT2D eigenvalue weighted by molar-refractivity contribution is 9.10. The van der Waals surface area contributed by atoms with Gasteiger partial charge in [0.15, 0.2) is 0 Å². The largest absolute Gasteiger partial charge is 0.438 e. The highest BCUT2D eigenvalue weighted by Gasteiger charge is 2.19. The molecule has 0 aliphatic heterocycles. The molecule has 2 rings (SSSR count). The zero-order valence-corrected chi connectivity index (χ0v) is 13.3. The Kier molecular flexibility index (Phi) is 3.95. The summed E-state index contributed by atoms with van der Waals surface area (Å²) in [6.07, 6.45) is 1.81. The van der Waals surface area contributed by atoms with Crippen molar-refractivity contribution in [1.82, 2.24) is 4.98 Å². The molecule has 0 unspecified atom stereocenters. The van der Waals surface area contributed by atoms with Gasteiger partial charge < -0.3 is 4.74 Å². The van der Waals surface area contributed by atoms with E-state index in [1.807, 2.05) is 31.2 Å². The van der Waals surface area contributed by atoms with Crippen molar-refractivity contribution >= 4 is 15.9 Å². The first-order valence-electron chi connectivity index (χ1n) is 6.27. The van der Waals surface area contributed by atoms with E-state index in [-0.39, 0.29) is 5.41 Å². The van der Waals surface area contributed by atoms with Crippen LogP contribution < -0.4 is 4.74 Å². The van der Waals surface area contributed by atoms with Crippen molar-refractivity contribution in [3.05, 3.63) is 52.1 Å². The number of hydrogen-bond donors (Lipinski definition) is 0. The van der Waals surface area contributed by atoms with E-state index in [9.17, 15) is 0 Å². The number of ether oxygens (including phenoxy) is 1. The van der Waals surface area contributed by atoms with Crippen molar-refractivity contribution < 1.29 is 4.74 Å². The van der Waals surface area contributed by atoms with Crippen LogP contribution in [-0.4, -0.2) is 4.98 Å². The zero-order valence-electron chi connectivity index (χ0n) is 11.7. The molecule has 0 amide bonds. The maximum absolute atomic E-state index is 5.96. The summed E-state index contributed by atoms with van der Waals surface area (Å²) in [4.78, 5) is 4.33. The lowest BCUT2D eigenvalue weighted by Gasteiger charge is -2.22. The monoisotopic (exact) mass is 319 g/mol. The molecule has 3 heteroatoms. The number of pyridine rings is 1. The normalized spacial score (nSPS) is 11.4. The number of benzene rings is 1. The molecule has 0 aliphatic rings. The fourth-order valence-electron chi connectivity index (χ4n) is 1.88. The highest BCUT2D eigenvalue weighted by Crippen LogP contribution is 2.35. The number of aromatic nitrogens is 1. The first-order valence-corrected chi connectivity index (χ1v) is 7.07. The summed E-state index contributed by atoms with van der Waals surface area (Å²) in [6, 6.07) is 10.1. The van der Waals surface area contributed by atoms with Crippen LogP contribution in [0.15, 0.2) is 41.0 Å². The van der Waals surface area contributed by atoms with Crippen LogP contribution in [0.3, 0.4) is 0 Å². The quantitative estimate of drug-likeness (QED) is 0.754. The molecule has 0 fully saturated rings. The van der Waals surface area contributed by atoms with Gasteiger partial charge in [0.1, 0.15) is 5.75 Å². The van der Waals surface area contributed by atoms with E-state index in [1.165, 1.54) is 5.56 Å². The number of para-hydroxylation sites is 1. The zero-order chi connectivity index (χ0) is 14.0. The van der Waals surface area contributed by atoms with E-state index < -0.39 is 0 Å². The van der Waals surface area contributed by atoms with Crippen molar-refractivity contribution in [2.75, 3.05) is 0 Å². The topological polar surface area (TPSA) is 22.1 Å². The molecule has 100 valence electrons. The van der Waals surface area contributed by atoms with E-state index in [0.29, 0.717) is 5.88 Å². The maximum atomic E-state index is 5.96. The molecular formula is C16H18BrNO. The molecule has 0 saturated heterocycles. The second-order valence-corrected chi connectivity index (χ2v) is 6.50. The number of halogens is 1. The minimum atomic E-state index is 0.0355. The molecule has 2 nitrogen and oxygen atoms in total. The smallest absolute Gasteiger partial charge is 0.233 e. The molecule has 1 aromatic carbocycles. The van der Waals surface area contributed by atoms with Crippen molar-refractivity contribution in [2.24, 2.45) is 0 Å². The Bertz CT molecular complexity index is 588. The fraction of sp³-hybridized carbons (Fsp3) is 0.312. The second-order valence-electron chi connectivity index (χ2n) is 5.65. The average Bonchev–Trinajstić information content (AvgIpc) is 2.32. The minimum absolute atomic E-state index is 0.0355. The molecule has 2 aromatic rings. The first-order chi connectivity index (χ1) is 8.88. The van der Waals surface area contributed by atoms with Crippen LogP contribution in [0.5, 0.6) is 11.6 Å². The van der Waals surface area contributed by atoms with Crippen LogP contribution in [0, 0.1) is 6.92 Å². The molecule has 19 heavy (non-hydrogen) atoms. The van der Waals surface area contributed by atoms with Crippen molar-refractivity contribution in [3.8, 4) is 11.6 Å². The number of aryl methyl sites for hydroxylation is 1. The van der Waals surface area contributed by atoms with E-state index in [1.54, 1.807) is 6.20 Å². The number of nitrogens with zero attached hydrogens (tertiary/aromatic N) is 1. The van der Waals surface area contributed by atoms with Crippen LogP contribution >= 0.6 is 15.9 Å². The number of rotatable bonds is 2. The van der Waals surface area contributed by atoms with Gasteiger partial charge in [-0.05, 0) is 46.0 Å². The van der Waals surface area contributed by atoms with Crippen molar-refractivity contribution in [1.29, 1.82) is 0 Å². The molecule has 0 aliphatic carbocycles. The van der Waals surface area contributed by atoms with E-state index in [0.717, 1.165) is 15.8 Å². The lowest BCUT2D eigenvalue weighted by molar-refractivity contribution is 0.437. The maximum Gasteiger partial charge on any atom is 0.233 e. The lowest BCUT2D eigenvalue weighted by Crippen LogP contribution is -2.12. The summed E-state index contributed by atoms with van der Waals surface area (Å²) in [5.74, 6) is 1.45. The summed E-state index contributed by atoms with van der Waals surface area (Å²) in [5.41, 5.74) is 2.31. The third kappa shape index (κ3) is 3.35. The van der Waals surface area contributed by atoms with Gasteiger partial charge in [-0.3, -0.25) is 0 Å². The summed E-state index contributed by atoms with van der Waals surface area (Å²) in [6.45, 7) is 8.52. The SMILES string of the molecule is Cc1cnc(Oc2ccccc2C(C)(C)C)c(Br)c1. The van der Waals surface area contributed by atoms with Gasteiger partial charge in [0, 0.05) is 11.8 Å².